The summed E-state index contributed by atoms with van der Waals surface area (Å²) in [7, 11) is 0. The normalized spacial score (nSPS) is 23.5. The first kappa shape index (κ1) is 14.5. The van der Waals surface area contributed by atoms with Crippen LogP contribution in [0, 0.1) is 13.8 Å². The quantitative estimate of drug-likeness (QED) is 0.782. The first-order valence-corrected chi connectivity index (χ1v) is 7.71. The van der Waals surface area contributed by atoms with Gasteiger partial charge in [-0.05, 0) is 38.0 Å². The number of alkyl halides is 1. The molecule has 2 unspecified atom stereocenters. The number of benzene rings is 1. The zero-order valence-corrected chi connectivity index (χ0v) is 13.2. The van der Waals surface area contributed by atoms with Gasteiger partial charge in [-0.1, -0.05) is 28.1 Å². The molecule has 2 atom stereocenters. The second kappa shape index (κ2) is 6.06. The average molecular weight is 326 g/mol. The van der Waals surface area contributed by atoms with Crippen molar-refractivity contribution in [3.63, 3.8) is 0 Å². The summed E-state index contributed by atoms with van der Waals surface area (Å²) in [4.78, 5) is 14.6. The minimum atomic E-state index is 0.0882. The van der Waals surface area contributed by atoms with Crippen molar-refractivity contribution in [1.82, 2.24) is 4.90 Å². The number of hydrogen-bond acceptors (Lipinski definition) is 2. The minimum absolute atomic E-state index is 0.0882. The lowest BCUT2D eigenvalue weighted by molar-refractivity contribution is -0.0361. The van der Waals surface area contributed by atoms with E-state index in [9.17, 15) is 4.79 Å². The first-order chi connectivity index (χ1) is 9.04. The van der Waals surface area contributed by atoms with Gasteiger partial charge in [-0.2, -0.15) is 0 Å². The molecule has 1 aliphatic heterocycles. The molecule has 0 saturated carbocycles. The number of carbonyl (C=O) groups is 1. The van der Waals surface area contributed by atoms with Crippen LogP contribution in [-0.4, -0.2) is 41.4 Å². The van der Waals surface area contributed by atoms with E-state index in [0.717, 1.165) is 22.0 Å². The molecule has 4 heteroatoms. The van der Waals surface area contributed by atoms with Gasteiger partial charge in [0.2, 0.25) is 0 Å². The number of rotatable bonds is 2. The lowest BCUT2D eigenvalue weighted by atomic mass is 10.0. The molecular formula is C15H20BrNO2. The molecule has 0 aromatic heterocycles. The van der Waals surface area contributed by atoms with E-state index in [2.05, 4.69) is 15.9 Å². The maximum absolute atomic E-state index is 12.7. The molecule has 3 nitrogen and oxygen atoms in total. The molecule has 1 amide bonds. The maximum atomic E-state index is 12.7. The molecule has 1 fully saturated rings. The molecule has 1 heterocycles. The summed E-state index contributed by atoms with van der Waals surface area (Å²) in [6.07, 6.45) is 0.0882. The Morgan fingerprint density at radius 1 is 1.47 bits per heavy atom. The molecule has 0 spiro atoms. The van der Waals surface area contributed by atoms with Gasteiger partial charge < -0.3 is 9.64 Å². The fourth-order valence-corrected chi connectivity index (χ4v) is 2.72. The molecule has 1 aromatic carbocycles. The highest BCUT2D eigenvalue weighted by Crippen LogP contribution is 2.20. The van der Waals surface area contributed by atoms with Crippen molar-refractivity contribution in [2.24, 2.45) is 0 Å². The van der Waals surface area contributed by atoms with E-state index in [4.69, 9.17) is 4.74 Å². The number of morpholine rings is 1. The summed E-state index contributed by atoms with van der Waals surface area (Å²) in [5.74, 6) is 0.114. The van der Waals surface area contributed by atoms with Crippen LogP contribution in [-0.2, 0) is 4.74 Å². The summed E-state index contributed by atoms with van der Waals surface area (Å²) in [6, 6.07) is 6.03. The third kappa shape index (κ3) is 3.00. The summed E-state index contributed by atoms with van der Waals surface area (Å²) >= 11 is 3.43. The smallest absolute Gasteiger partial charge is 0.254 e. The van der Waals surface area contributed by atoms with Gasteiger partial charge >= 0.3 is 0 Å². The summed E-state index contributed by atoms with van der Waals surface area (Å²) in [5, 5.41) is 0.760. The number of ether oxygens (including phenoxy) is 1. The molecule has 1 aromatic rings. The van der Waals surface area contributed by atoms with Gasteiger partial charge in [-0.25, -0.2) is 0 Å². The third-order valence-corrected chi connectivity index (χ3v) is 4.50. The van der Waals surface area contributed by atoms with Crippen LogP contribution in [0.2, 0.25) is 0 Å². The van der Waals surface area contributed by atoms with E-state index in [0.29, 0.717) is 13.2 Å². The predicted octanol–water partition coefficient (Wildman–Crippen LogP) is 2.93. The molecule has 1 aliphatic rings. The molecule has 19 heavy (non-hydrogen) atoms. The van der Waals surface area contributed by atoms with Crippen LogP contribution in [0.25, 0.3) is 0 Å². The molecule has 2 rings (SSSR count). The van der Waals surface area contributed by atoms with Crippen molar-refractivity contribution in [3.8, 4) is 0 Å². The van der Waals surface area contributed by atoms with Gasteiger partial charge in [-0.3, -0.25) is 4.79 Å². The van der Waals surface area contributed by atoms with Crippen LogP contribution in [0.3, 0.4) is 0 Å². The molecule has 0 bridgehead atoms. The molecule has 0 aliphatic carbocycles. The van der Waals surface area contributed by atoms with Crippen molar-refractivity contribution in [3.05, 3.63) is 34.9 Å². The fourth-order valence-electron chi connectivity index (χ4n) is 2.33. The monoisotopic (exact) mass is 325 g/mol. The van der Waals surface area contributed by atoms with Gasteiger partial charge in [0, 0.05) is 17.4 Å². The Bertz CT molecular complexity index is 475. The molecule has 104 valence electrons. The Hall–Kier alpha value is -0.870. The van der Waals surface area contributed by atoms with E-state index < -0.39 is 0 Å². The highest BCUT2D eigenvalue weighted by molar-refractivity contribution is 9.09. The molecule has 0 radical (unpaired) electrons. The van der Waals surface area contributed by atoms with Crippen LogP contribution in [0.15, 0.2) is 18.2 Å². The molecule has 0 N–H and O–H groups in total. The van der Waals surface area contributed by atoms with Crippen LogP contribution >= 0.6 is 15.9 Å². The largest absolute Gasteiger partial charge is 0.373 e. The van der Waals surface area contributed by atoms with E-state index in [1.807, 2.05) is 43.9 Å². The fraction of sp³-hybridized carbons (Fsp3) is 0.533. The zero-order valence-electron chi connectivity index (χ0n) is 11.6. The lowest BCUT2D eigenvalue weighted by Gasteiger charge is -2.37. The standard InChI is InChI=1S/C15H20BrNO2/c1-10-5-4-6-14(12(10)3)15(18)17-8-13(7-16)19-9-11(17)2/h4-6,11,13H,7-9H2,1-3H3. The van der Waals surface area contributed by atoms with Gasteiger partial charge in [0.15, 0.2) is 0 Å². The van der Waals surface area contributed by atoms with Gasteiger partial charge in [-0.15, -0.1) is 0 Å². The molecule has 1 saturated heterocycles. The van der Waals surface area contributed by atoms with E-state index in [1.165, 1.54) is 0 Å². The third-order valence-electron chi connectivity index (χ3n) is 3.77. The topological polar surface area (TPSA) is 29.5 Å². The van der Waals surface area contributed by atoms with Crippen LogP contribution < -0.4 is 0 Å². The van der Waals surface area contributed by atoms with Crippen LogP contribution in [0.1, 0.15) is 28.4 Å². The number of amides is 1. The average Bonchev–Trinajstić information content (AvgIpc) is 2.42. The van der Waals surface area contributed by atoms with Gasteiger partial charge in [0.1, 0.15) is 0 Å². The Morgan fingerprint density at radius 2 is 2.21 bits per heavy atom. The maximum Gasteiger partial charge on any atom is 0.254 e. The summed E-state index contributed by atoms with van der Waals surface area (Å²) < 4.78 is 5.67. The zero-order chi connectivity index (χ0) is 14.0. The highest BCUT2D eigenvalue weighted by Gasteiger charge is 2.30. The summed E-state index contributed by atoms with van der Waals surface area (Å²) in [5.41, 5.74) is 3.03. The Morgan fingerprint density at radius 3 is 2.89 bits per heavy atom. The Balaban J connectivity index is 2.24. The van der Waals surface area contributed by atoms with Crippen molar-refractivity contribution < 1.29 is 9.53 Å². The number of nitrogens with zero attached hydrogens (tertiary/aromatic N) is 1. The second-order valence-corrected chi connectivity index (χ2v) is 5.81. The SMILES string of the molecule is Cc1cccc(C(=O)N2CC(CBr)OCC2C)c1C. The van der Waals surface area contributed by atoms with Crippen LogP contribution in [0.5, 0.6) is 0 Å². The second-order valence-electron chi connectivity index (χ2n) is 5.16. The van der Waals surface area contributed by atoms with Crippen molar-refractivity contribution in [2.45, 2.75) is 32.9 Å². The Kier molecular flexibility index (Phi) is 4.63. The van der Waals surface area contributed by atoms with Gasteiger partial charge in [0.25, 0.3) is 5.91 Å². The van der Waals surface area contributed by atoms with Crippen molar-refractivity contribution in [1.29, 1.82) is 0 Å². The minimum Gasteiger partial charge on any atom is -0.373 e. The number of halogens is 1. The van der Waals surface area contributed by atoms with Gasteiger partial charge in [0.05, 0.1) is 18.8 Å². The Labute approximate surface area is 123 Å². The van der Waals surface area contributed by atoms with Crippen molar-refractivity contribution in [2.75, 3.05) is 18.5 Å². The highest BCUT2D eigenvalue weighted by atomic mass is 79.9. The number of hydrogen-bond donors (Lipinski definition) is 0. The summed E-state index contributed by atoms with van der Waals surface area (Å²) in [6.45, 7) is 7.34. The van der Waals surface area contributed by atoms with E-state index >= 15 is 0 Å². The number of carbonyl (C=O) groups excluding carboxylic acids is 1. The van der Waals surface area contributed by atoms with E-state index in [-0.39, 0.29) is 18.1 Å². The van der Waals surface area contributed by atoms with Crippen molar-refractivity contribution >= 4 is 21.8 Å². The predicted molar refractivity (Wildman–Crippen MR) is 79.9 cm³/mol. The molecular weight excluding hydrogens is 306 g/mol. The first-order valence-electron chi connectivity index (χ1n) is 6.59. The van der Waals surface area contributed by atoms with Crippen LogP contribution in [0.4, 0.5) is 0 Å². The number of aryl methyl sites for hydroxylation is 1. The van der Waals surface area contributed by atoms with E-state index in [1.54, 1.807) is 0 Å². The lowest BCUT2D eigenvalue weighted by Crippen LogP contribution is -2.51.